The minimum atomic E-state index is -0.413. The average molecular weight is 245 g/mol. The molecule has 100 valence electrons. The molecule has 5 heteroatoms. The number of piperidine rings is 1. The summed E-state index contributed by atoms with van der Waals surface area (Å²) < 4.78 is 5.43. The van der Waals surface area contributed by atoms with E-state index in [-0.39, 0.29) is 18.6 Å². The largest absolute Gasteiger partial charge is 0.394 e. The monoisotopic (exact) mass is 245 g/mol. The van der Waals surface area contributed by atoms with E-state index in [0.717, 1.165) is 25.9 Å². The van der Waals surface area contributed by atoms with E-state index in [2.05, 4.69) is 0 Å². The normalized spacial score (nSPS) is 19.4. The molecular formula is C12H23NO4. The fourth-order valence-electron chi connectivity index (χ4n) is 1.98. The average Bonchev–Trinajstić information content (AvgIpc) is 2.34. The smallest absolute Gasteiger partial charge is 0.222 e. The molecule has 1 unspecified atom stereocenters. The van der Waals surface area contributed by atoms with Crippen molar-refractivity contribution in [2.45, 2.75) is 44.8 Å². The van der Waals surface area contributed by atoms with Crippen LogP contribution in [0.2, 0.25) is 0 Å². The standard InChI is InChI=1S/C12H23NO4/c1-10(15)2-3-12(16)13-6-4-11(5-7-13)17-9-8-14/h10-11,14-15H,2-9H2,1H3. The van der Waals surface area contributed by atoms with Gasteiger partial charge in [-0.25, -0.2) is 0 Å². The van der Waals surface area contributed by atoms with Crippen LogP contribution in [0, 0.1) is 0 Å². The Morgan fingerprint density at radius 1 is 1.47 bits per heavy atom. The van der Waals surface area contributed by atoms with Gasteiger partial charge in [0, 0.05) is 19.5 Å². The summed E-state index contributed by atoms with van der Waals surface area (Å²) in [6.07, 6.45) is 2.37. The van der Waals surface area contributed by atoms with E-state index in [1.165, 1.54) is 0 Å². The Hall–Kier alpha value is -0.650. The lowest BCUT2D eigenvalue weighted by molar-refractivity contribution is -0.134. The van der Waals surface area contributed by atoms with Crippen molar-refractivity contribution in [2.75, 3.05) is 26.3 Å². The van der Waals surface area contributed by atoms with Crippen LogP contribution in [0.25, 0.3) is 0 Å². The van der Waals surface area contributed by atoms with Crippen molar-refractivity contribution in [3.8, 4) is 0 Å². The molecule has 1 fully saturated rings. The molecule has 0 bridgehead atoms. The van der Waals surface area contributed by atoms with E-state index in [4.69, 9.17) is 14.9 Å². The minimum Gasteiger partial charge on any atom is -0.394 e. The molecule has 1 atom stereocenters. The molecule has 1 heterocycles. The number of carbonyl (C=O) groups excluding carboxylic acids is 1. The first-order chi connectivity index (χ1) is 8.13. The maximum absolute atomic E-state index is 11.8. The molecule has 0 aromatic heterocycles. The number of hydrogen-bond donors (Lipinski definition) is 2. The Bertz CT molecular complexity index is 225. The van der Waals surface area contributed by atoms with E-state index < -0.39 is 6.10 Å². The first-order valence-electron chi connectivity index (χ1n) is 6.31. The van der Waals surface area contributed by atoms with Crippen LogP contribution in [0.15, 0.2) is 0 Å². The third-order valence-corrected chi connectivity index (χ3v) is 3.02. The van der Waals surface area contributed by atoms with Gasteiger partial charge in [0.1, 0.15) is 0 Å². The number of rotatable bonds is 6. The Morgan fingerprint density at radius 3 is 2.65 bits per heavy atom. The minimum absolute atomic E-state index is 0.0491. The molecule has 1 aliphatic rings. The maximum atomic E-state index is 11.8. The highest BCUT2D eigenvalue weighted by Gasteiger charge is 2.22. The predicted molar refractivity (Wildman–Crippen MR) is 63.6 cm³/mol. The molecule has 0 saturated carbocycles. The molecule has 0 aliphatic carbocycles. The Labute approximate surface area is 102 Å². The van der Waals surface area contributed by atoms with Crippen LogP contribution in [0.4, 0.5) is 0 Å². The molecule has 1 amide bonds. The second-order valence-corrected chi connectivity index (χ2v) is 4.56. The van der Waals surface area contributed by atoms with Gasteiger partial charge in [-0.05, 0) is 26.2 Å². The topological polar surface area (TPSA) is 70.0 Å². The van der Waals surface area contributed by atoms with Crippen molar-refractivity contribution < 1.29 is 19.7 Å². The number of nitrogens with zero attached hydrogens (tertiary/aromatic N) is 1. The van der Waals surface area contributed by atoms with E-state index in [1.807, 2.05) is 4.90 Å². The quantitative estimate of drug-likeness (QED) is 0.699. The molecule has 0 aromatic rings. The van der Waals surface area contributed by atoms with Crippen LogP contribution in [-0.2, 0) is 9.53 Å². The van der Waals surface area contributed by atoms with Crippen molar-refractivity contribution in [1.29, 1.82) is 0 Å². The second-order valence-electron chi connectivity index (χ2n) is 4.56. The lowest BCUT2D eigenvalue weighted by atomic mass is 10.1. The van der Waals surface area contributed by atoms with Crippen molar-refractivity contribution in [2.24, 2.45) is 0 Å². The number of ether oxygens (including phenoxy) is 1. The molecule has 0 spiro atoms. The summed E-state index contributed by atoms with van der Waals surface area (Å²) in [6.45, 7) is 3.56. The van der Waals surface area contributed by atoms with Gasteiger partial charge in [0.05, 0.1) is 25.4 Å². The molecule has 1 rings (SSSR count). The fourth-order valence-corrected chi connectivity index (χ4v) is 1.98. The zero-order valence-corrected chi connectivity index (χ0v) is 10.5. The van der Waals surface area contributed by atoms with Gasteiger partial charge in [-0.1, -0.05) is 0 Å². The molecule has 0 aromatic carbocycles. The summed E-state index contributed by atoms with van der Waals surface area (Å²) in [4.78, 5) is 13.6. The number of aliphatic hydroxyl groups excluding tert-OH is 2. The number of carbonyl (C=O) groups is 1. The molecule has 2 N–H and O–H groups in total. The fraction of sp³-hybridized carbons (Fsp3) is 0.917. The number of aliphatic hydroxyl groups is 2. The maximum Gasteiger partial charge on any atom is 0.222 e. The Kier molecular flexibility index (Phi) is 6.47. The lowest BCUT2D eigenvalue weighted by Crippen LogP contribution is -2.41. The van der Waals surface area contributed by atoms with Gasteiger partial charge in [-0.15, -0.1) is 0 Å². The molecule has 5 nitrogen and oxygen atoms in total. The highest BCUT2D eigenvalue weighted by atomic mass is 16.5. The van der Waals surface area contributed by atoms with E-state index in [9.17, 15) is 4.79 Å². The Morgan fingerprint density at radius 2 is 2.12 bits per heavy atom. The van der Waals surface area contributed by atoms with Gasteiger partial charge in [-0.2, -0.15) is 0 Å². The Balaban J connectivity index is 2.19. The van der Waals surface area contributed by atoms with Crippen LogP contribution < -0.4 is 0 Å². The van der Waals surface area contributed by atoms with Crippen LogP contribution in [0.3, 0.4) is 0 Å². The highest BCUT2D eigenvalue weighted by Crippen LogP contribution is 2.15. The van der Waals surface area contributed by atoms with Gasteiger partial charge in [0.25, 0.3) is 0 Å². The third-order valence-electron chi connectivity index (χ3n) is 3.02. The van der Waals surface area contributed by atoms with Gasteiger partial charge in [-0.3, -0.25) is 4.79 Å². The molecular weight excluding hydrogens is 222 g/mol. The van der Waals surface area contributed by atoms with Crippen LogP contribution in [0.1, 0.15) is 32.6 Å². The second kappa shape index (κ2) is 7.63. The van der Waals surface area contributed by atoms with Gasteiger partial charge >= 0.3 is 0 Å². The molecule has 1 aliphatic heterocycles. The van der Waals surface area contributed by atoms with Crippen LogP contribution >= 0.6 is 0 Å². The van der Waals surface area contributed by atoms with E-state index in [1.54, 1.807) is 6.92 Å². The summed E-state index contributed by atoms with van der Waals surface area (Å²) in [7, 11) is 0. The molecule has 0 radical (unpaired) electrons. The zero-order valence-electron chi connectivity index (χ0n) is 10.5. The zero-order chi connectivity index (χ0) is 12.7. The van der Waals surface area contributed by atoms with Crippen LogP contribution in [-0.4, -0.2) is 59.5 Å². The van der Waals surface area contributed by atoms with Crippen molar-refractivity contribution in [3.05, 3.63) is 0 Å². The molecule has 17 heavy (non-hydrogen) atoms. The first kappa shape index (κ1) is 14.4. The van der Waals surface area contributed by atoms with Crippen molar-refractivity contribution in [1.82, 2.24) is 4.90 Å². The summed E-state index contributed by atoms with van der Waals surface area (Å²) in [5.41, 5.74) is 0. The van der Waals surface area contributed by atoms with E-state index in [0.29, 0.717) is 19.4 Å². The van der Waals surface area contributed by atoms with Gasteiger partial charge < -0.3 is 19.8 Å². The van der Waals surface area contributed by atoms with Crippen molar-refractivity contribution >= 4 is 5.91 Å². The summed E-state index contributed by atoms with van der Waals surface area (Å²) in [6, 6.07) is 0. The van der Waals surface area contributed by atoms with Crippen LogP contribution in [0.5, 0.6) is 0 Å². The summed E-state index contributed by atoms with van der Waals surface area (Å²) in [5.74, 6) is 0.117. The third kappa shape index (κ3) is 5.48. The summed E-state index contributed by atoms with van der Waals surface area (Å²) in [5, 5.41) is 17.8. The summed E-state index contributed by atoms with van der Waals surface area (Å²) >= 11 is 0. The number of amides is 1. The van der Waals surface area contributed by atoms with Crippen molar-refractivity contribution in [3.63, 3.8) is 0 Å². The SMILES string of the molecule is CC(O)CCC(=O)N1CCC(OCCO)CC1. The van der Waals surface area contributed by atoms with E-state index >= 15 is 0 Å². The number of likely N-dealkylation sites (tertiary alicyclic amines) is 1. The number of hydrogen-bond acceptors (Lipinski definition) is 4. The predicted octanol–water partition coefficient (Wildman–Crippen LogP) is 0.147. The first-order valence-corrected chi connectivity index (χ1v) is 6.31. The van der Waals surface area contributed by atoms with Gasteiger partial charge in [0.15, 0.2) is 0 Å². The van der Waals surface area contributed by atoms with Gasteiger partial charge in [0.2, 0.25) is 5.91 Å². The highest BCUT2D eigenvalue weighted by molar-refractivity contribution is 5.76. The molecule has 1 saturated heterocycles. The lowest BCUT2D eigenvalue weighted by Gasteiger charge is -2.32.